The SMILES string of the molecule is CN1C2CCC1C(C(=O)OC/C=C/c1ccccc1)C(OC(=O)c1ccccc1)C2. The molecule has 2 aromatic carbocycles. The number of nitrogens with zero attached hydrogens (tertiary/aromatic N) is 1. The molecule has 2 saturated heterocycles. The van der Waals surface area contributed by atoms with E-state index in [9.17, 15) is 9.59 Å². The van der Waals surface area contributed by atoms with Gasteiger partial charge in [-0.1, -0.05) is 54.6 Å². The van der Waals surface area contributed by atoms with Gasteiger partial charge in [-0.25, -0.2) is 4.79 Å². The largest absolute Gasteiger partial charge is 0.461 e. The molecule has 156 valence electrons. The van der Waals surface area contributed by atoms with Crippen LogP contribution in [-0.2, 0) is 14.3 Å². The van der Waals surface area contributed by atoms with Crippen LogP contribution in [0.4, 0.5) is 0 Å². The zero-order chi connectivity index (χ0) is 20.9. The second kappa shape index (κ2) is 9.26. The summed E-state index contributed by atoms with van der Waals surface area (Å²) in [4.78, 5) is 27.9. The number of hydrogen-bond acceptors (Lipinski definition) is 5. The Morgan fingerprint density at radius 3 is 2.47 bits per heavy atom. The van der Waals surface area contributed by atoms with E-state index in [2.05, 4.69) is 4.90 Å². The summed E-state index contributed by atoms with van der Waals surface area (Å²) in [6.45, 7) is 0.198. The molecule has 2 aliphatic rings. The number of carbonyl (C=O) groups excluding carboxylic acids is 2. The Morgan fingerprint density at radius 1 is 1.03 bits per heavy atom. The van der Waals surface area contributed by atoms with Crippen LogP contribution in [0.25, 0.3) is 6.08 Å². The summed E-state index contributed by atoms with van der Waals surface area (Å²) in [5.74, 6) is -1.14. The minimum Gasteiger partial charge on any atom is -0.461 e. The number of piperidine rings is 1. The fourth-order valence-corrected chi connectivity index (χ4v) is 4.61. The van der Waals surface area contributed by atoms with Gasteiger partial charge in [-0.15, -0.1) is 0 Å². The number of benzene rings is 2. The Hall–Kier alpha value is -2.92. The molecule has 5 heteroatoms. The smallest absolute Gasteiger partial charge is 0.338 e. The van der Waals surface area contributed by atoms with Crippen molar-refractivity contribution in [3.63, 3.8) is 0 Å². The van der Waals surface area contributed by atoms with Gasteiger partial charge in [0.15, 0.2) is 0 Å². The van der Waals surface area contributed by atoms with Gasteiger partial charge in [-0.05, 0) is 43.7 Å². The molecule has 30 heavy (non-hydrogen) atoms. The van der Waals surface area contributed by atoms with Crippen LogP contribution in [0, 0.1) is 5.92 Å². The maximum absolute atomic E-state index is 13.0. The van der Waals surface area contributed by atoms with Crippen molar-refractivity contribution in [2.24, 2.45) is 5.92 Å². The average molecular weight is 405 g/mol. The van der Waals surface area contributed by atoms with Crippen LogP contribution in [0.2, 0.25) is 0 Å². The number of hydrogen-bond donors (Lipinski definition) is 0. The van der Waals surface area contributed by atoms with Gasteiger partial charge in [-0.2, -0.15) is 0 Å². The van der Waals surface area contributed by atoms with Crippen molar-refractivity contribution >= 4 is 18.0 Å². The van der Waals surface area contributed by atoms with Gasteiger partial charge in [0.1, 0.15) is 18.6 Å². The van der Waals surface area contributed by atoms with Gasteiger partial charge in [0, 0.05) is 18.5 Å². The van der Waals surface area contributed by atoms with Gasteiger partial charge in [0.05, 0.1) is 5.56 Å². The third-order valence-electron chi connectivity index (χ3n) is 6.19. The molecule has 2 aliphatic heterocycles. The quantitative estimate of drug-likeness (QED) is 0.681. The number of rotatable bonds is 6. The molecule has 2 bridgehead atoms. The van der Waals surface area contributed by atoms with Gasteiger partial charge < -0.3 is 9.47 Å². The lowest BCUT2D eigenvalue weighted by Crippen LogP contribution is -2.53. The van der Waals surface area contributed by atoms with E-state index in [-0.39, 0.29) is 24.6 Å². The second-order valence-electron chi connectivity index (χ2n) is 7.98. The Morgan fingerprint density at radius 2 is 1.73 bits per heavy atom. The summed E-state index contributed by atoms with van der Waals surface area (Å²) in [7, 11) is 2.05. The summed E-state index contributed by atoms with van der Waals surface area (Å²) in [6, 6.07) is 19.2. The van der Waals surface area contributed by atoms with Crippen LogP contribution < -0.4 is 0 Å². The van der Waals surface area contributed by atoms with E-state index in [4.69, 9.17) is 9.47 Å². The van der Waals surface area contributed by atoms with Crippen LogP contribution in [0.5, 0.6) is 0 Å². The number of fused-ring (bicyclic) bond motifs is 2. The molecule has 2 heterocycles. The first-order valence-corrected chi connectivity index (χ1v) is 10.5. The maximum Gasteiger partial charge on any atom is 0.338 e. The van der Waals surface area contributed by atoms with Crippen molar-refractivity contribution in [2.45, 2.75) is 37.5 Å². The molecule has 4 atom stereocenters. The molecule has 4 unspecified atom stereocenters. The van der Waals surface area contributed by atoms with Gasteiger partial charge in [0.25, 0.3) is 0 Å². The highest BCUT2D eigenvalue weighted by Crippen LogP contribution is 2.40. The summed E-state index contributed by atoms with van der Waals surface area (Å²) in [5, 5.41) is 0. The molecule has 5 nitrogen and oxygen atoms in total. The summed E-state index contributed by atoms with van der Waals surface area (Å²) >= 11 is 0. The predicted molar refractivity (Wildman–Crippen MR) is 115 cm³/mol. The fourth-order valence-electron chi connectivity index (χ4n) is 4.61. The lowest BCUT2D eigenvalue weighted by molar-refractivity contribution is -0.157. The van der Waals surface area contributed by atoms with Crippen LogP contribution >= 0.6 is 0 Å². The van der Waals surface area contributed by atoms with Crippen LogP contribution in [-0.4, -0.2) is 48.7 Å². The maximum atomic E-state index is 13.0. The topological polar surface area (TPSA) is 55.8 Å². The third kappa shape index (κ3) is 4.46. The second-order valence-corrected chi connectivity index (χ2v) is 7.98. The van der Waals surface area contributed by atoms with Gasteiger partial charge >= 0.3 is 11.9 Å². The van der Waals surface area contributed by atoms with Crippen LogP contribution in [0.15, 0.2) is 66.7 Å². The van der Waals surface area contributed by atoms with E-state index in [1.54, 1.807) is 24.3 Å². The molecule has 2 aromatic rings. The van der Waals surface area contributed by atoms with Gasteiger partial charge in [-0.3, -0.25) is 9.69 Å². The molecule has 0 aliphatic carbocycles. The first-order valence-electron chi connectivity index (χ1n) is 10.5. The first-order chi connectivity index (χ1) is 14.6. The molecular formula is C25H27NO4. The highest BCUT2D eigenvalue weighted by molar-refractivity contribution is 5.89. The zero-order valence-corrected chi connectivity index (χ0v) is 17.1. The molecule has 4 rings (SSSR count). The minimum absolute atomic E-state index is 0.0444. The fraction of sp³-hybridized carbons (Fsp3) is 0.360. The predicted octanol–water partition coefficient (Wildman–Crippen LogP) is 3.95. The van der Waals surface area contributed by atoms with Crippen LogP contribution in [0.1, 0.15) is 35.2 Å². The molecular weight excluding hydrogens is 378 g/mol. The highest BCUT2D eigenvalue weighted by atomic mass is 16.6. The molecule has 0 spiro atoms. The van der Waals surface area contributed by atoms with Crippen molar-refractivity contribution in [3.05, 3.63) is 77.9 Å². The number of carbonyl (C=O) groups is 2. The number of ether oxygens (including phenoxy) is 2. The zero-order valence-electron chi connectivity index (χ0n) is 17.1. The Kier molecular flexibility index (Phi) is 6.29. The summed E-state index contributed by atoms with van der Waals surface area (Å²) in [6.07, 6.45) is 5.89. The Balaban J connectivity index is 1.42. The normalized spacial score (nSPS) is 25.9. The molecule has 0 amide bonds. The first kappa shape index (κ1) is 20.4. The van der Waals surface area contributed by atoms with Gasteiger partial charge in [0.2, 0.25) is 0 Å². The van der Waals surface area contributed by atoms with E-state index < -0.39 is 12.0 Å². The highest BCUT2D eigenvalue weighted by Gasteiger charge is 2.51. The third-order valence-corrected chi connectivity index (χ3v) is 6.19. The monoisotopic (exact) mass is 405 g/mol. The molecule has 0 saturated carbocycles. The average Bonchev–Trinajstić information content (AvgIpc) is 3.01. The van der Waals surface area contributed by atoms with E-state index in [0.717, 1.165) is 18.4 Å². The Labute approximate surface area is 177 Å². The lowest BCUT2D eigenvalue weighted by atomic mass is 9.87. The van der Waals surface area contributed by atoms with Crippen molar-refractivity contribution in [3.8, 4) is 0 Å². The molecule has 0 aromatic heterocycles. The van der Waals surface area contributed by atoms with Crippen molar-refractivity contribution in [1.82, 2.24) is 4.90 Å². The molecule has 0 N–H and O–H groups in total. The van der Waals surface area contributed by atoms with E-state index in [1.165, 1.54) is 0 Å². The van der Waals surface area contributed by atoms with Crippen LogP contribution in [0.3, 0.4) is 0 Å². The van der Waals surface area contributed by atoms with Crippen molar-refractivity contribution in [2.75, 3.05) is 13.7 Å². The van der Waals surface area contributed by atoms with E-state index >= 15 is 0 Å². The van der Waals surface area contributed by atoms with Crippen molar-refractivity contribution < 1.29 is 19.1 Å². The van der Waals surface area contributed by atoms with E-state index in [1.807, 2.05) is 55.6 Å². The van der Waals surface area contributed by atoms with Crippen molar-refractivity contribution in [1.29, 1.82) is 0 Å². The number of esters is 2. The van der Waals surface area contributed by atoms with E-state index in [0.29, 0.717) is 18.0 Å². The minimum atomic E-state index is -0.466. The lowest BCUT2D eigenvalue weighted by Gasteiger charge is -2.40. The summed E-state index contributed by atoms with van der Waals surface area (Å²) in [5.41, 5.74) is 1.56. The molecule has 2 fully saturated rings. The Bertz CT molecular complexity index is 896. The summed E-state index contributed by atoms with van der Waals surface area (Å²) < 4.78 is 11.4. The standard InChI is InChI=1S/C25H27NO4/c1-26-20-14-15-21(26)23(22(17-20)30-24(27)19-12-6-3-7-13-19)25(28)29-16-8-11-18-9-4-2-5-10-18/h2-13,20-23H,14-17H2,1H3/b11-8+. The molecule has 0 radical (unpaired) electrons.